The molecule has 272 valence electrons. The molecule has 3 N–H and O–H groups in total. The van der Waals surface area contributed by atoms with Gasteiger partial charge in [-0.3, -0.25) is 0 Å². The highest BCUT2D eigenvalue weighted by Crippen LogP contribution is 2.14. The zero-order valence-electron chi connectivity index (χ0n) is 30.9. The highest BCUT2D eigenvalue weighted by atomic mass is 16.3. The molecule has 0 aliphatic carbocycles. The summed E-state index contributed by atoms with van der Waals surface area (Å²) in [6.07, 6.45) is 55.6. The van der Waals surface area contributed by atoms with E-state index in [1.807, 2.05) is 18.2 Å². The molecule has 0 radical (unpaired) electrons. The van der Waals surface area contributed by atoms with E-state index in [9.17, 15) is 15.3 Å². The molecule has 0 saturated carbocycles. The van der Waals surface area contributed by atoms with Crippen LogP contribution in [0.1, 0.15) is 173 Å². The van der Waals surface area contributed by atoms with Gasteiger partial charge in [0.2, 0.25) is 0 Å². The Hall–Kier alpha value is -2.92. The minimum absolute atomic E-state index is 0.306. The van der Waals surface area contributed by atoms with Gasteiger partial charge in [-0.25, -0.2) is 0 Å². The van der Waals surface area contributed by atoms with E-state index in [1.54, 1.807) is 6.08 Å². The number of hydrogen-bond donors (Lipinski definition) is 3. The molecule has 0 rings (SSSR count). The lowest BCUT2D eigenvalue weighted by molar-refractivity contribution is 0.207. The Bertz CT molecular complexity index is 1060. The summed E-state index contributed by atoms with van der Waals surface area (Å²) in [5, 5.41) is 29.4. The molecule has 0 bridgehead atoms. The van der Waals surface area contributed by atoms with Gasteiger partial charge in [0.25, 0.3) is 0 Å². The second kappa shape index (κ2) is 39.5. The van der Waals surface area contributed by atoms with Crippen LogP contribution in [-0.4, -0.2) is 33.6 Å². The number of aliphatic hydroxyl groups excluding tert-OH is 3. The van der Waals surface area contributed by atoms with E-state index in [2.05, 4.69) is 59.8 Å². The summed E-state index contributed by atoms with van der Waals surface area (Å²) in [7, 11) is 0. The van der Waals surface area contributed by atoms with Gasteiger partial charge in [0.05, 0.1) is 6.10 Å². The van der Waals surface area contributed by atoms with Crippen molar-refractivity contribution in [3.63, 3.8) is 0 Å². The minimum atomic E-state index is -0.853. The second-order valence-electron chi connectivity index (χ2n) is 13.1. The van der Waals surface area contributed by atoms with Crippen LogP contribution in [-0.2, 0) is 0 Å². The van der Waals surface area contributed by atoms with Crippen LogP contribution in [0.15, 0.2) is 48.6 Å². The fourth-order valence-electron chi connectivity index (χ4n) is 5.45. The van der Waals surface area contributed by atoms with Crippen molar-refractivity contribution >= 4 is 0 Å². The largest absolute Gasteiger partial charge is 0.389 e. The maximum Gasteiger partial charge on any atom is 0.176 e. The normalized spacial score (nSPS) is 13.2. The van der Waals surface area contributed by atoms with Crippen molar-refractivity contribution in [1.82, 2.24) is 0 Å². The van der Waals surface area contributed by atoms with Gasteiger partial charge in [0, 0.05) is 12.8 Å². The summed E-state index contributed by atoms with van der Waals surface area (Å²) in [4.78, 5) is 0. The number of hydrogen-bond acceptors (Lipinski definition) is 3. The van der Waals surface area contributed by atoms with Crippen molar-refractivity contribution in [3.8, 4) is 48.4 Å². The summed E-state index contributed by atoms with van der Waals surface area (Å²) >= 11 is 0. The molecule has 3 nitrogen and oxygen atoms in total. The first kappa shape index (κ1) is 46.1. The monoisotopic (exact) mass is 671 g/mol. The van der Waals surface area contributed by atoms with Gasteiger partial charge in [-0.05, 0) is 82.8 Å². The van der Waals surface area contributed by atoms with Crippen LogP contribution in [0.5, 0.6) is 0 Å². The van der Waals surface area contributed by atoms with Crippen LogP contribution < -0.4 is 0 Å². The molecule has 3 heteroatoms. The van der Waals surface area contributed by atoms with Crippen LogP contribution in [0, 0.1) is 48.4 Å². The van der Waals surface area contributed by atoms with Crippen LogP contribution >= 0.6 is 0 Å². The lowest BCUT2D eigenvalue weighted by Crippen LogP contribution is -2.01. The molecule has 0 aliphatic heterocycles. The van der Waals surface area contributed by atoms with Gasteiger partial charge >= 0.3 is 0 Å². The quantitative estimate of drug-likeness (QED) is 0.0391. The summed E-state index contributed by atoms with van der Waals surface area (Å²) in [5.74, 6) is 16.6. The molecule has 0 aliphatic rings. The van der Waals surface area contributed by atoms with E-state index in [0.29, 0.717) is 0 Å². The van der Waals surface area contributed by atoms with E-state index in [4.69, 9.17) is 12.8 Å². The van der Waals surface area contributed by atoms with Crippen LogP contribution in [0.4, 0.5) is 0 Å². The molecule has 0 aromatic rings. The predicted octanol–water partition coefficient (Wildman–Crippen LogP) is 11.1. The average molecular weight is 671 g/mol. The van der Waals surface area contributed by atoms with Gasteiger partial charge in [0.15, 0.2) is 6.10 Å². The van der Waals surface area contributed by atoms with Crippen molar-refractivity contribution in [3.05, 3.63) is 48.6 Å². The van der Waals surface area contributed by atoms with Crippen molar-refractivity contribution in [2.75, 3.05) is 0 Å². The highest BCUT2D eigenvalue weighted by molar-refractivity contribution is 5.19. The first-order chi connectivity index (χ1) is 24.1. The number of unbranched alkanes of at least 4 members (excludes halogenated alkanes) is 22. The van der Waals surface area contributed by atoms with E-state index in [0.717, 1.165) is 96.3 Å². The first-order valence-electron chi connectivity index (χ1n) is 19.7. The predicted molar refractivity (Wildman–Crippen MR) is 212 cm³/mol. The third-order valence-electron chi connectivity index (χ3n) is 8.42. The average Bonchev–Trinajstić information content (AvgIpc) is 3.10. The van der Waals surface area contributed by atoms with Crippen LogP contribution in [0.25, 0.3) is 0 Å². The van der Waals surface area contributed by atoms with Crippen LogP contribution in [0.2, 0.25) is 0 Å². The Balaban J connectivity index is 3.51. The smallest absolute Gasteiger partial charge is 0.176 e. The lowest BCUT2D eigenvalue weighted by atomic mass is 10.0. The number of terminal acetylenes is 2. The SMILES string of the molecule is C#C/C=C\CCCCCCCCCCCCCCC[C@H](O)/C=C/CC/C=C\CCCCC#C[C@H](O)C#CCCCCCC/C=C/[C@H](O)C#C. The summed E-state index contributed by atoms with van der Waals surface area (Å²) in [6.45, 7) is 0. The Labute approximate surface area is 303 Å². The van der Waals surface area contributed by atoms with Gasteiger partial charge in [0.1, 0.15) is 6.10 Å². The van der Waals surface area contributed by atoms with Crippen molar-refractivity contribution in [1.29, 1.82) is 0 Å². The Morgan fingerprint density at radius 3 is 1.47 bits per heavy atom. The van der Waals surface area contributed by atoms with Crippen LogP contribution in [0.3, 0.4) is 0 Å². The molecule has 0 saturated heterocycles. The van der Waals surface area contributed by atoms with Gasteiger partial charge in [-0.15, -0.1) is 12.8 Å². The van der Waals surface area contributed by atoms with E-state index < -0.39 is 12.2 Å². The number of aliphatic hydroxyl groups is 3. The molecular weight excluding hydrogens is 601 g/mol. The lowest BCUT2D eigenvalue weighted by Gasteiger charge is -2.06. The fraction of sp³-hybridized carbons (Fsp3) is 0.652. The molecule has 0 aromatic carbocycles. The van der Waals surface area contributed by atoms with Gasteiger partial charge < -0.3 is 15.3 Å². The minimum Gasteiger partial charge on any atom is -0.389 e. The molecule has 0 unspecified atom stereocenters. The highest BCUT2D eigenvalue weighted by Gasteiger charge is 1.99. The first-order valence-corrected chi connectivity index (χ1v) is 19.7. The van der Waals surface area contributed by atoms with Crippen molar-refractivity contribution in [2.24, 2.45) is 0 Å². The zero-order valence-corrected chi connectivity index (χ0v) is 30.9. The van der Waals surface area contributed by atoms with Gasteiger partial charge in [-0.1, -0.05) is 162 Å². The van der Waals surface area contributed by atoms with E-state index in [1.165, 1.54) is 77.0 Å². The molecule has 3 atom stereocenters. The zero-order chi connectivity index (χ0) is 35.7. The van der Waals surface area contributed by atoms with Crippen molar-refractivity contribution < 1.29 is 15.3 Å². The maximum absolute atomic E-state index is 10.2. The molecule has 0 heterocycles. The summed E-state index contributed by atoms with van der Waals surface area (Å²) in [6, 6.07) is 0. The Morgan fingerprint density at radius 1 is 0.449 bits per heavy atom. The topological polar surface area (TPSA) is 60.7 Å². The third kappa shape index (κ3) is 39.4. The van der Waals surface area contributed by atoms with E-state index >= 15 is 0 Å². The molecule has 0 spiro atoms. The molecule has 0 fully saturated rings. The fourth-order valence-corrected chi connectivity index (χ4v) is 5.45. The Kier molecular flexibility index (Phi) is 37.2. The number of allylic oxidation sites excluding steroid dienone is 6. The molecule has 0 aromatic heterocycles. The molecular formula is C46H70O3. The maximum atomic E-state index is 10.2. The summed E-state index contributed by atoms with van der Waals surface area (Å²) < 4.78 is 0. The second-order valence-corrected chi connectivity index (χ2v) is 13.1. The third-order valence-corrected chi connectivity index (χ3v) is 8.42. The van der Waals surface area contributed by atoms with Crippen molar-refractivity contribution in [2.45, 2.75) is 192 Å². The van der Waals surface area contributed by atoms with Gasteiger partial charge in [-0.2, -0.15) is 0 Å². The standard InChI is InChI=1S/C46H70O3/c1-3-5-6-7-8-9-10-11-12-13-14-15-16-19-25-30-35-40-45(48)41-36-31-26-20-17-18-21-27-32-37-42-46(49)43-38-33-28-23-22-24-29-34-39-44(47)4-2/h1-2,5-6,17,20,34,36,39,41,44-49H,7-16,18-19,21-33,35,40H2/b6-5-,20-17-,39-34+,41-36+/t44-,45+,46+/m1/s1. The Morgan fingerprint density at radius 2 is 0.878 bits per heavy atom. The number of rotatable bonds is 31. The van der Waals surface area contributed by atoms with E-state index in [-0.39, 0.29) is 6.10 Å². The molecule has 0 amide bonds. The summed E-state index contributed by atoms with van der Waals surface area (Å²) in [5.41, 5.74) is 0. The molecule has 49 heavy (non-hydrogen) atoms.